The summed E-state index contributed by atoms with van der Waals surface area (Å²) >= 11 is 0. The highest BCUT2D eigenvalue weighted by Gasteiger charge is 2.31. The van der Waals surface area contributed by atoms with Crippen LogP contribution >= 0.6 is 0 Å². The molecule has 1 aliphatic heterocycles. The molecule has 0 aliphatic carbocycles. The van der Waals surface area contributed by atoms with Gasteiger partial charge in [-0.25, -0.2) is 4.79 Å². The SMILES string of the molecule is CCN1C(=O)N/C(=C/c2ccc(OCC(N)=O)cc2)C1=O. The summed E-state index contributed by atoms with van der Waals surface area (Å²) in [5.41, 5.74) is 5.93. The zero-order chi connectivity index (χ0) is 15.4. The monoisotopic (exact) mass is 289 g/mol. The smallest absolute Gasteiger partial charge is 0.328 e. The first-order valence-electron chi connectivity index (χ1n) is 6.37. The number of benzene rings is 1. The quantitative estimate of drug-likeness (QED) is 0.607. The molecule has 1 aliphatic rings. The highest BCUT2D eigenvalue weighted by Crippen LogP contribution is 2.17. The van der Waals surface area contributed by atoms with Crippen LogP contribution in [-0.4, -0.2) is 35.9 Å². The van der Waals surface area contributed by atoms with Crippen LogP contribution in [0, 0.1) is 0 Å². The average molecular weight is 289 g/mol. The first-order valence-corrected chi connectivity index (χ1v) is 6.37. The van der Waals surface area contributed by atoms with Crippen LogP contribution in [0.25, 0.3) is 6.08 Å². The van der Waals surface area contributed by atoms with Gasteiger partial charge in [0.15, 0.2) is 6.61 Å². The molecule has 0 aromatic heterocycles. The first-order chi connectivity index (χ1) is 10.0. The number of primary amides is 1. The lowest BCUT2D eigenvalue weighted by atomic mass is 10.2. The van der Waals surface area contributed by atoms with Crippen LogP contribution in [0.4, 0.5) is 4.79 Å². The summed E-state index contributed by atoms with van der Waals surface area (Å²) < 4.78 is 5.12. The van der Waals surface area contributed by atoms with Gasteiger partial charge in [0, 0.05) is 6.54 Å². The Labute approximate surface area is 121 Å². The van der Waals surface area contributed by atoms with E-state index in [0.29, 0.717) is 12.3 Å². The lowest BCUT2D eigenvalue weighted by molar-refractivity contribution is -0.122. The highest BCUT2D eigenvalue weighted by atomic mass is 16.5. The number of nitrogens with two attached hydrogens (primary N) is 1. The fourth-order valence-electron chi connectivity index (χ4n) is 1.84. The minimum atomic E-state index is -0.555. The third kappa shape index (κ3) is 3.38. The first kappa shape index (κ1) is 14.6. The summed E-state index contributed by atoms with van der Waals surface area (Å²) in [6.45, 7) is 1.85. The van der Waals surface area contributed by atoms with Crippen molar-refractivity contribution in [3.8, 4) is 5.75 Å². The van der Waals surface area contributed by atoms with Gasteiger partial charge in [-0.3, -0.25) is 14.5 Å². The molecule has 1 aromatic carbocycles. The van der Waals surface area contributed by atoms with Crippen LogP contribution in [0.1, 0.15) is 12.5 Å². The van der Waals surface area contributed by atoms with Gasteiger partial charge in [0.2, 0.25) is 0 Å². The molecule has 1 heterocycles. The Morgan fingerprint density at radius 2 is 2.00 bits per heavy atom. The van der Waals surface area contributed by atoms with Gasteiger partial charge in [0.05, 0.1) is 0 Å². The van der Waals surface area contributed by atoms with E-state index in [4.69, 9.17) is 10.5 Å². The Kier molecular flexibility index (Phi) is 4.22. The Hall–Kier alpha value is -2.83. The van der Waals surface area contributed by atoms with E-state index in [0.717, 1.165) is 10.5 Å². The van der Waals surface area contributed by atoms with Crippen molar-refractivity contribution in [3.05, 3.63) is 35.5 Å². The molecule has 4 amide bonds. The van der Waals surface area contributed by atoms with Crippen molar-refractivity contribution in [3.63, 3.8) is 0 Å². The highest BCUT2D eigenvalue weighted by molar-refractivity contribution is 6.13. The molecule has 2 rings (SSSR count). The summed E-state index contributed by atoms with van der Waals surface area (Å²) in [5.74, 6) is -0.412. The number of imide groups is 1. The number of hydrogen-bond acceptors (Lipinski definition) is 4. The second-order valence-electron chi connectivity index (χ2n) is 4.36. The van der Waals surface area contributed by atoms with Crippen LogP contribution in [0.15, 0.2) is 30.0 Å². The third-order valence-electron chi connectivity index (χ3n) is 2.85. The lowest BCUT2D eigenvalue weighted by Gasteiger charge is -2.06. The molecular weight excluding hydrogens is 274 g/mol. The van der Waals surface area contributed by atoms with Crippen LogP contribution in [0.2, 0.25) is 0 Å². The zero-order valence-corrected chi connectivity index (χ0v) is 11.5. The average Bonchev–Trinajstić information content (AvgIpc) is 2.72. The number of amides is 4. The molecule has 0 radical (unpaired) electrons. The lowest BCUT2D eigenvalue weighted by Crippen LogP contribution is -2.30. The number of rotatable bonds is 5. The van der Waals surface area contributed by atoms with Gasteiger partial charge in [-0.15, -0.1) is 0 Å². The van der Waals surface area contributed by atoms with Crippen LogP contribution in [0.5, 0.6) is 5.75 Å². The number of carbonyl (C=O) groups is 3. The second kappa shape index (κ2) is 6.08. The van der Waals surface area contributed by atoms with E-state index in [1.807, 2.05) is 0 Å². The van der Waals surface area contributed by atoms with E-state index in [-0.39, 0.29) is 18.2 Å². The molecule has 1 fully saturated rings. The summed E-state index contributed by atoms with van der Waals surface area (Å²) in [4.78, 5) is 35.1. The summed E-state index contributed by atoms with van der Waals surface area (Å²) in [5, 5.41) is 2.51. The van der Waals surface area contributed by atoms with E-state index in [9.17, 15) is 14.4 Å². The van der Waals surface area contributed by atoms with Crippen molar-refractivity contribution < 1.29 is 19.1 Å². The van der Waals surface area contributed by atoms with Gasteiger partial charge < -0.3 is 15.8 Å². The maximum Gasteiger partial charge on any atom is 0.328 e. The van der Waals surface area contributed by atoms with Crippen molar-refractivity contribution in [2.45, 2.75) is 6.92 Å². The standard InChI is InChI=1S/C14H15N3O4/c1-2-17-13(19)11(16-14(17)20)7-9-3-5-10(6-4-9)21-8-12(15)18/h3-7H,2,8H2,1H3,(H2,15,18)(H,16,20)/b11-7+. The summed E-state index contributed by atoms with van der Waals surface area (Å²) in [6, 6.07) is 6.28. The predicted molar refractivity (Wildman–Crippen MR) is 75.0 cm³/mol. The molecule has 21 heavy (non-hydrogen) atoms. The number of hydrogen-bond donors (Lipinski definition) is 2. The minimum absolute atomic E-state index is 0.194. The van der Waals surface area contributed by atoms with Crippen LogP contribution < -0.4 is 15.8 Å². The van der Waals surface area contributed by atoms with E-state index in [1.165, 1.54) is 0 Å². The van der Waals surface area contributed by atoms with Gasteiger partial charge in [-0.05, 0) is 30.7 Å². The molecule has 0 spiro atoms. The number of nitrogens with one attached hydrogen (secondary N) is 1. The van der Waals surface area contributed by atoms with Gasteiger partial charge in [0.1, 0.15) is 11.4 Å². The fourth-order valence-corrected chi connectivity index (χ4v) is 1.84. The van der Waals surface area contributed by atoms with Gasteiger partial charge in [0.25, 0.3) is 11.8 Å². The predicted octanol–water partition coefficient (Wildman–Crippen LogP) is 0.463. The van der Waals surface area contributed by atoms with E-state index in [2.05, 4.69) is 5.32 Å². The maximum absolute atomic E-state index is 11.9. The largest absolute Gasteiger partial charge is 0.484 e. The summed E-state index contributed by atoms with van der Waals surface area (Å²) in [6.07, 6.45) is 1.58. The summed E-state index contributed by atoms with van der Waals surface area (Å²) in [7, 11) is 0. The Bertz CT molecular complexity index is 607. The van der Waals surface area contributed by atoms with E-state index < -0.39 is 11.9 Å². The molecule has 1 aromatic rings. The molecule has 7 heteroatoms. The maximum atomic E-state index is 11.9. The Morgan fingerprint density at radius 3 is 2.52 bits per heavy atom. The van der Waals surface area contributed by atoms with Crippen LogP contribution in [-0.2, 0) is 9.59 Å². The number of ether oxygens (including phenoxy) is 1. The molecule has 3 N–H and O–H groups in total. The topological polar surface area (TPSA) is 102 Å². The fraction of sp³-hybridized carbons (Fsp3) is 0.214. The third-order valence-corrected chi connectivity index (χ3v) is 2.85. The normalized spacial score (nSPS) is 16.2. The molecule has 0 atom stereocenters. The molecule has 7 nitrogen and oxygen atoms in total. The van der Waals surface area contributed by atoms with Crippen LogP contribution in [0.3, 0.4) is 0 Å². The van der Waals surface area contributed by atoms with Crippen molar-refractivity contribution >= 4 is 23.9 Å². The molecule has 0 bridgehead atoms. The Morgan fingerprint density at radius 1 is 1.33 bits per heavy atom. The van der Waals surface area contributed by atoms with Gasteiger partial charge >= 0.3 is 6.03 Å². The number of likely N-dealkylation sites (N-methyl/N-ethyl adjacent to an activating group) is 1. The van der Waals surface area contributed by atoms with E-state index >= 15 is 0 Å². The molecule has 1 saturated heterocycles. The van der Waals surface area contributed by atoms with Gasteiger partial charge in [-0.1, -0.05) is 12.1 Å². The number of urea groups is 1. The molecule has 110 valence electrons. The number of nitrogens with zero attached hydrogens (tertiary/aromatic N) is 1. The molecule has 0 saturated carbocycles. The van der Waals surface area contributed by atoms with Crippen molar-refractivity contribution in [2.24, 2.45) is 5.73 Å². The zero-order valence-electron chi connectivity index (χ0n) is 11.5. The number of carbonyl (C=O) groups excluding carboxylic acids is 3. The molecular formula is C14H15N3O4. The minimum Gasteiger partial charge on any atom is -0.484 e. The van der Waals surface area contributed by atoms with Crippen molar-refractivity contribution in [2.75, 3.05) is 13.2 Å². The second-order valence-corrected chi connectivity index (χ2v) is 4.36. The van der Waals surface area contributed by atoms with Crippen molar-refractivity contribution in [1.29, 1.82) is 0 Å². The molecule has 0 unspecified atom stereocenters. The van der Waals surface area contributed by atoms with Crippen molar-refractivity contribution in [1.82, 2.24) is 10.2 Å². The van der Waals surface area contributed by atoms with Gasteiger partial charge in [-0.2, -0.15) is 0 Å². The Balaban J connectivity index is 2.09. The van der Waals surface area contributed by atoms with E-state index in [1.54, 1.807) is 37.3 Å².